The number of aromatic nitrogens is 2. The van der Waals surface area contributed by atoms with Gasteiger partial charge < -0.3 is 14.6 Å². The Kier molecular flexibility index (Phi) is 3.24. The standard InChI is InChI=1S/C11H17N3O2/c1-12-9(11(15)16-2)7-14-6-5-13-10(14)8-3-4-8/h5-6,8-9,12H,3-4,7H2,1-2H3. The van der Waals surface area contributed by atoms with E-state index in [2.05, 4.69) is 10.3 Å². The fraction of sp³-hybridized carbons (Fsp3) is 0.636. The Balaban J connectivity index is 2.06. The van der Waals surface area contributed by atoms with Gasteiger partial charge in [0.25, 0.3) is 0 Å². The Morgan fingerprint density at radius 3 is 3.06 bits per heavy atom. The maximum Gasteiger partial charge on any atom is 0.324 e. The first-order valence-electron chi connectivity index (χ1n) is 5.52. The second-order valence-corrected chi connectivity index (χ2v) is 4.08. The molecule has 0 bridgehead atoms. The molecule has 0 spiro atoms. The zero-order chi connectivity index (χ0) is 11.5. The second-order valence-electron chi connectivity index (χ2n) is 4.08. The number of ether oxygens (including phenoxy) is 1. The first-order valence-corrected chi connectivity index (χ1v) is 5.52. The second kappa shape index (κ2) is 4.65. The lowest BCUT2D eigenvalue weighted by Gasteiger charge is -2.15. The van der Waals surface area contributed by atoms with Crippen LogP contribution in [0.2, 0.25) is 0 Å². The minimum Gasteiger partial charge on any atom is -0.468 e. The van der Waals surface area contributed by atoms with Crippen molar-refractivity contribution in [3.8, 4) is 0 Å². The highest BCUT2D eigenvalue weighted by atomic mass is 16.5. The van der Waals surface area contributed by atoms with Crippen LogP contribution in [0.3, 0.4) is 0 Å². The Bertz CT molecular complexity index is 371. The van der Waals surface area contributed by atoms with Gasteiger partial charge in [0.1, 0.15) is 11.9 Å². The van der Waals surface area contributed by atoms with Gasteiger partial charge in [0.05, 0.1) is 7.11 Å². The number of hydrogen-bond donors (Lipinski definition) is 1. The molecule has 2 rings (SSSR count). The van der Waals surface area contributed by atoms with Crippen LogP contribution in [0.25, 0.3) is 0 Å². The average Bonchev–Trinajstić information content (AvgIpc) is 3.05. The molecule has 1 N–H and O–H groups in total. The summed E-state index contributed by atoms with van der Waals surface area (Å²) in [6.07, 6.45) is 6.12. The van der Waals surface area contributed by atoms with E-state index in [0.29, 0.717) is 12.5 Å². The first kappa shape index (κ1) is 11.1. The van der Waals surface area contributed by atoms with Gasteiger partial charge in [-0.25, -0.2) is 4.98 Å². The molecule has 1 aromatic rings. The molecule has 5 nitrogen and oxygen atoms in total. The molecule has 16 heavy (non-hydrogen) atoms. The van der Waals surface area contributed by atoms with Gasteiger partial charge in [0.2, 0.25) is 0 Å². The Morgan fingerprint density at radius 2 is 2.50 bits per heavy atom. The molecular formula is C11H17N3O2. The molecule has 1 heterocycles. The third-order valence-corrected chi connectivity index (χ3v) is 2.90. The smallest absolute Gasteiger partial charge is 0.324 e. The monoisotopic (exact) mass is 223 g/mol. The molecular weight excluding hydrogens is 206 g/mol. The van der Waals surface area contributed by atoms with E-state index in [1.165, 1.54) is 20.0 Å². The van der Waals surface area contributed by atoms with Gasteiger partial charge in [-0.1, -0.05) is 0 Å². The number of nitrogens with zero attached hydrogens (tertiary/aromatic N) is 2. The Hall–Kier alpha value is -1.36. The summed E-state index contributed by atoms with van der Waals surface area (Å²) in [5.74, 6) is 1.44. The largest absolute Gasteiger partial charge is 0.468 e. The van der Waals surface area contributed by atoms with Crippen molar-refractivity contribution in [1.29, 1.82) is 0 Å². The summed E-state index contributed by atoms with van der Waals surface area (Å²) in [7, 11) is 3.16. The van der Waals surface area contributed by atoms with Crippen molar-refractivity contribution in [2.45, 2.75) is 31.3 Å². The van der Waals surface area contributed by atoms with Crippen molar-refractivity contribution in [3.63, 3.8) is 0 Å². The van der Waals surface area contributed by atoms with Crippen LogP contribution < -0.4 is 5.32 Å². The van der Waals surface area contributed by atoms with Gasteiger partial charge in [-0.05, 0) is 19.9 Å². The van der Waals surface area contributed by atoms with Crippen molar-refractivity contribution in [3.05, 3.63) is 18.2 Å². The number of carbonyl (C=O) groups is 1. The molecule has 1 aliphatic carbocycles. The summed E-state index contributed by atoms with van der Waals surface area (Å²) >= 11 is 0. The van der Waals surface area contributed by atoms with Crippen LogP contribution in [0.15, 0.2) is 12.4 Å². The zero-order valence-corrected chi connectivity index (χ0v) is 9.64. The highest BCUT2D eigenvalue weighted by Gasteiger charge is 2.29. The molecule has 1 fully saturated rings. The molecule has 5 heteroatoms. The topological polar surface area (TPSA) is 56.2 Å². The number of likely N-dealkylation sites (N-methyl/N-ethyl adjacent to an activating group) is 1. The van der Waals surface area contributed by atoms with E-state index < -0.39 is 0 Å². The first-order chi connectivity index (χ1) is 7.76. The number of esters is 1. The van der Waals surface area contributed by atoms with Gasteiger partial charge in [-0.2, -0.15) is 0 Å². The van der Waals surface area contributed by atoms with E-state index in [-0.39, 0.29) is 12.0 Å². The van der Waals surface area contributed by atoms with Crippen molar-refractivity contribution in [2.75, 3.05) is 14.2 Å². The molecule has 0 radical (unpaired) electrons. The van der Waals surface area contributed by atoms with Crippen LogP contribution in [0.5, 0.6) is 0 Å². The molecule has 88 valence electrons. The number of imidazole rings is 1. The average molecular weight is 223 g/mol. The third-order valence-electron chi connectivity index (χ3n) is 2.90. The predicted molar refractivity (Wildman–Crippen MR) is 59.1 cm³/mol. The minimum atomic E-state index is -0.309. The number of hydrogen-bond acceptors (Lipinski definition) is 4. The van der Waals surface area contributed by atoms with Gasteiger partial charge >= 0.3 is 5.97 Å². The van der Waals surface area contributed by atoms with Gasteiger partial charge in [0, 0.05) is 24.9 Å². The predicted octanol–water partition coefficient (Wildman–Crippen LogP) is 0.521. The molecule has 1 aromatic heterocycles. The van der Waals surface area contributed by atoms with Crippen molar-refractivity contribution in [2.24, 2.45) is 0 Å². The fourth-order valence-electron chi connectivity index (χ4n) is 1.80. The summed E-state index contributed by atoms with van der Waals surface area (Å²) in [6, 6.07) is -0.309. The zero-order valence-electron chi connectivity index (χ0n) is 9.64. The van der Waals surface area contributed by atoms with Crippen LogP contribution in [-0.4, -0.2) is 35.7 Å². The molecule has 0 aliphatic heterocycles. The van der Waals surface area contributed by atoms with Crippen LogP contribution in [-0.2, 0) is 16.1 Å². The number of carbonyl (C=O) groups excluding carboxylic acids is 1. The fourth-order valence-corrected chi connectivity index (χ4v) is 1.80. The van der Waals surface area contributed by atoms with Crippen LogP contribution in [0.4, 0.5) is 0 Å². The molecule has 1 saturated carbocycles. The molecule has 1 unspecified atom stereocenters. The van der Waals surface area contributed by atoms with E-state index in [9.17, 15) is 4.79 Å². The van der Waals surface area contributed by atoms with Crippen molar-refractivity contribution >= 4 is 5.97 Å². The van der Waals surface area contributed by atoms with Gasteiger partial charge in [0.15, 0.2) is 0 Å². The van der Waals surface area contributed by atoms with Crippen molar-refractivity contribution < 1.29 is 9.53 Å². The number of methoxy groups -OCH3 is 1. The lowest BCUT2D eigenvalue weighted by Crippen LogP contribution is -2.39. The van der Waals surface area contributed by atoms with Crippen LogP contribution in [0, 0.1) is 0 Å². The van der Waals surface area contributed by atoms with Crippen LogP contribution in [0.1, 0.15) is 24.6 Å². The summed E-state index contributed by atoms with van der Waals surface area (Å²) in [5, 5.41) is 2.95. The molecule has 0 saturated heterocycles. The van der Waals surface area contributed by atoms with E-state index in [1.54, 1.807) is 13.2 Å². The summed E-state index contributed by atoms with van der Waals surface area (Å²) in [4.78, 5) is 15.8. The molecule has 0 amide bonds. The maximum atomic E-state index is 11.4. The minimum absolute atomic E-state index is 0.238. The van der Waals surface area contributed by atoms with Gasteiger partial charge in [-0.3, -0.25) is 4.79 Å². The Morgan fingerprint density at radius 1 is 1.75 bits per heavy atom. The molecule has 0 aromatic carbocycles. The molecule has 1 atom stereocenters. The van der Waals surface area contributed by atoms with Crippen LogP contribution >= 0.6 is 0 Å². The number of nitrogens with one attached hydrogen (secondary N) is 1. The maximum absolute atomic E-state index is 11.4. The summed E-state index contributed by atoms with van der Waals surface area (Å²) < 4.78 is 6.77. The van der Waals surface area contributed by atoms with E-state index in [4.69, 9.17) is 4.74 Å². The Labute approximate surface area is 94.8 Å². The lowest BCUT2D eigenvalue weighted by molar-refractivity contribution is -0.143. The lowest BCUT2D eigenvalue weighted by atomic mass is 10.3. The SMILES string of the molecule is CNC(Cn1ccnc1C1CC1)C(=O)OC. The van der Waals surface area contributed by atoms with Gasteiger partial charge in [-0.15, -0.1) is 0 Å². The highest BCUT2D eigenvalue weighted by Crippen LogP contribution is 2.38. The molecule has 1 aliphatic rings. The van der Waals surface area contributed by atoms with E-state index >= 15 is 0 Å². The summed E-state index contributed by atoms with van der Waals surface area (Å²) in [5.41, 5.74) is 0. The highest BCUT2D eigenvalue weighted by molar-refractivity contribution is 5.75. The van der Waals surface area contributed by atoms with E-state index in [0.717, 1.165) is 5.82 Å². The van der Waals surface area contributed by atoms with Crippen molar-refractivity contribution in [1.82, 2.24) is 14.9 Å². The van der Waals surface area contributed by atoms with E-state index in [1.807, 2.05) is 10.8 Å². The quantitative estimate of drug-likeness (QED) is 0.739. The summed E-state index contributed by atoms with van der Waals surface area (Å²) in [6.45, 7) is 0.578. The third kappa shape index (κ3) is 2.24. The normalized spacial score (nSPS) is 17.1. The number of rotatable bonds is 5.